The molecule has 0 radical (unpaired) electrons. The zero-order valence-corrected chi connectivity index (χ0v) is 6.29. The average molecular weight is 144 g/mol. The van der Waals surface area contributed by atoms with E-state index in [0.717, 1.165) is 11.3 Å². The minimum atomic E-state index is 0.920. The molecule has 0 N–H and O–H groups in total. The lowest BCUT2D eigenvalue weighted by Gasteiger charge is -2.06. The maximum atomic E-state index is 5.24. The summed E-state index contributed by atoms with van der Waals surface area (Å²) in [5, 5.41) is 0. The van der Waals surface area contributed by atoms with Crippen molar-refractivity contribution in [2.45, 2.75) is 6.92 Å². The van der Waals surface area contributed by atoms with Crippen molar-refractivity contribution in [2.75, 3.05) is 0 Å². The van der Waals surface area contributed by atoms with Crippen molar-refractivity contribution in [2.24, 2.45) is 0 Å². The van der Waals surface area contributed by atoms with Crippen LogP contribution in [0.25, 0.3) is 6.08 Å². The predicted octanol–water partition coefficient (Wildman–Crippen LogP) is 2.51. The molecule has 0 aliphatic carbocycles. The highest BCUT2D eigenvalue weighted by Crippen LogP contribution is 2.23. The molecule has 1 nitrogen and oxygen atoms in total. The molecule has 1 aromatic rings. The van der Waals surface area contributed by atoms with Gasteiger partial charge in [-0.3, -0.25) is 0 Å². The summed E-state index contributed by atoms with van der Waals surface area (Å²) in [7, 11) is 0. The molecule has 0 saturated carbocycles. The third-order valence-electron chi connectivity index (χ3n) is 1.66. The number of aryl methyl sites for hydroxylation is 1. The van der Waals surface area contributed by atoms with Crippen LogP contribution in [0.3, 0.4) is 0 Å². The van der Waals surface area contributed by atoms with Crippen LogP contribution in [0.1, 0.15) is 11.1 Å². The zero-order valence-electron chi connectivity index (χ0n) is 6.29. The summed E-state index contributed by atoms with van der Waals surface area (Å²) in [4.78, 5) is 0. The molecular formula is C10H8O. The smallest absolute Gasteiger partial charge is 0.135 e. The minimum Gasteiger partial charge on any atom is -0.456 e. The quantitative estimate of drug-likeness (QED) is 0.508. The van der Waals surface area contributed by atoms with E-state index < -0.39 is 0 Å². The van der Waals surface area contributed by atoms with Gasteiger partial charge in [0.05, 0.1) is 0 Å². The molecule has 0 spiro atoms. The van der Waals surface area contributed by atoms with Crippen LogP contribution in [0.4, 0.5) is 0 Å². The van der Waals surface area contributed by atoms with Crippen LogP contribution in [0, 0.1) is 6.92 Å². The summed E-state index contributed by atoms with van der Waals surface area (Å²) in [6, 6.07) is 6.11. The van der Waals surface area contributed by atoms with E-state index in [4.69, 9.17) is 4.74 Å². The lowest BCUT2D eigenvalue weighted by atomic mass is 10.1. The maximum Gasteiger partial charge on any atom is 0.135 e. The Morgan fingerprint density at radius 3 is 3.18 bits per heavy atom. The molecule has 0 saturated heterocycles. The van der Waals surface area contributed by atoms with Crippen LogP contribution in [0.15, 0.2) is 30.2 Å². The Balaban J connectivity index is 2.60. The van der Waals surface area contributed by atoms with E-state index in [1.165, 1.54) is 5.56 Å². The largest absolute Gasteiger partial charge is 0.456 e. The Labute approximate surface area is 65.6 Å². The van der Waals surface area contributed by atoms with Crippen molar-refractivity contribution in [3.63, 3.8) is 0 Å². The van der Waals surface area contributed by atoms with Gasteiger partial charge in [0.1, 0.15) is 12.0 Å². The van der Waals surface area contributed by atoms with Gasteiger partial charge in [0.25, 0.3) is 0 Å². The van der Waals surface area contributed by atoms with E-state index in [0.29, 0.717) is 0 Å². The van der Waals surface area contributed by atoms with E-state index in [-0.39, 0.29) is 0 Å². The second-order valence-electron chi connectivity index (χ2n) is 2.59. The first-order chi connectivity index (χ1) is 5.36. The third-order valence-corrected chi connectivity index (χ3v) is 1.66. The summed E-state index contributed by atoms with van der Waals surface area (Å²) in [5.74, 6) is 0.920. The van der Waals surface area contributed by atoms with E-state index >= 15 is 0 Å². The second kappa shape index (κ2) is 2.30. The van der Waals surface area contributed by atoms with Crippen LogP contribution < -0.4 is 4.74 Å². The van der Waals surface area contributed by atoms with Crippen LogP contribution in [-0.4, -0.2) is 0 Å². The van der Waals surface area contributed by atoms with Crippen molar-refractivity contribution >= 4 is 6.08 Å². The highest BCUT2D eigenvalue weighted by atomic mass is 16.5. The second-order valence-corrected chi connectivity index (χ2v) is 2.59. The molecule has 11 heavy (non-hydrogen) atoms. The Kier molecular flexibility index (Phi) is 1.31. The monoisotopic (exact) mass is 144 g/mol. The summed E-state index contributed by atoms with van der Waals surface area (Å²) < 4.78 is 5.24. The van der Waals surface area contributed by atoms with Gasteiger partial charge in [-0.25, -0.2) is 0 Å². The molecule has 0 atom stereocenters. The van der Waals surface area contributed by atoms with E-state index in [1.807, 2.05) is 25.1 Å². The molecular weight excluding hydrogens is 136 g/mol. The fourth-order valence-corrected chi connectivity index (χ4v) is 1.08. The topological polar surface area (TPSA) is 9.23 Å². The Morgan fingerprint density at radius 2 is 2.27 bits per heavy atom. The van der Waals surface area contributed by atoms with Gasteiger partial charge in [0.15, 0.2) is 0 Å². The van der Waals surface area contributed by atoms with E-state index in [1.54, 1.807) is 6.26 Å². The first-order valence-electron chi connectivity index (χ1n) is 3.54. The van der Waals surface area contributed by atoms with Crippen LogP contribution in [0.2, 0.25) is 0 Å². The number of benzene rings is 1. The van der Waals surface area contributed by atoms with Gasteiger partial charge in [0.2, 0.25) is 0 Å². The molecule has 0 unspecified atom stereocenters. The van der Waals surface area contributed by atoms with Crippen molar-refractivity contribution in [3.8, 4) is 5.75 Å². The van der Waals surface area contributed by atoms with Crippen molar-refractivity contribution < 1.29 is 4.74 Å². The summed E-state index contributed by atoms with van der Waals surface area (Å²) in [6.07, 6.45) is 3.49. The first kappa shape index (κ1) is 6.26. The fourth-order valence-electron chi connectivity index (χ4n) is 1.08. The van der Waals surface area contributed by atoms with Gasteiger partial charge in [-0.1, -0.05) is 17.9 Å². The first-order valence-corrected chi connectivity index (χ1v) is 3.54. The normalized spacial score (nSPS) is 12.5. The summed E-state index contributed by atoms with van der Waals surface area (Å²) >= 11 is 0. The highest BCUT2D eigenvalue weighted by Gasteiger charge is 2.01. The Bertz CT molecular complexity index is 344. The molecule has 2 rings (SSSR count). The number of hydrogen-bond acceptors (Lipinski definition) is 1. The molecule has 1 aliphatic rings. The van der Waals surface area contributed by atoms with Crippen LogP contribution in [-0.2, 0) is 0 Å². The maximum absolute atomic E-state index is 5.24. The molecule has 0 bridgehead atoms. The van der Waals surface area contributed by atoms with Crippen molar-refractivity contribution in [1.82, 2.24) is 0 Å². The lowest BCUT2D eigenvalue weighted by Crippen LogP contribution is -1.89. The fraction of sp³-hybridized carbons (Fsp3) is 0.100. The standard InChI is InChI=1S/C10H8O/c1-8-4-5-9-3-2-6-11-10(9)7-8/h3-7H,1H3. The summed E-state index contributed by atoms with van der Waals surface area (Å²) in [6.45, 7) is 2.05. The van der Waals surface area contributed by atoms with E-state index in [2.05, 4.69) is 11.8 Å². The van der Waals surface area contributed by atoms with Gasteiger partial charge in [-0.05, 0) is 24.6 Å². The number of hydrogen-bond donors (Lipinski definition) is 0. The molecule has 0 amide bonds. The number of fused-ring (bicyclic) bond motifs is 1. The Morgan fingerprint density at radius 1 is 1.36 bits per heavy atom. The molecule has 1 heteroatoms. The van der Waals surface area contributed by atoms with Gasteiger partial charge >= 0.3 is 0 Å². The predicted molar refractivity (Wildman–Crippen MR) is 44.4 cm³/mol. The third kappa shape index (κ3) is 1.06. The molecule has 1 aromatic carbocycles. The number of ether oxygens (including phenoxy) is 1. The van der Waals surface area contributed by atoms with Crippen molar-refractivity contribution in [3.05, 3.63) is 41.3 Å². The van der Waals surface area contributed by atoms with Crippen molar-refractivity contribution in [1.29, 1.82) is 0 Å². The molecule has 0 aromatic heterocycles. The van der Waals surface area contributed by atoms with E-state index in [9.17, 15) is 0 Å². The SMILES string of the molecule is Cc1ccc2c(c1)OC=C=C2. The zero-order chi connectivity index (χ0) is 7.68. The molecule has 54 valence electrons. The van der Waals surface area contributed by atoms with Gasteiger partial charge in [-0.2, -0.15) is 0 Å². The Hall–Kier alpha value is -1.46. The average Bonchev–Trinajstić information content (AvgIpc) is 2.04. The van der Waals surface area contributed by atoms with Gasteiger partial charge < -0.3 is 4.74 Å². The minimum absolute atomic E-state index is 0.920. The van der Waals surface area contributed by atoms with Gasteiger partial charge in [-0.15, -0.1) is 0 Å². The van der Waals surface area contributed by atoms with Crippen LogP contribution in [0.5, 0.6) is 5.75 Å². The molecule has 1 aliphatic heterocycles. The highest BCUT2D eigenvalue weighted by molar-refractivity contribution is 5.59. The summed E-state index contributed by atoms with van der Waals surface area (Å²) in [5.41, 5.74) is 5.20. The van der Waals surface area contributed by atoms with Crippen LogP contribution >= 0.6 is 0 Å². The van der Waals surface area contributed by atoms with Gasteiger partial charge in [0, 0.05) is 5.56 Å². The lowest BCUT2D eigenvalue weighted by molar-refractivity contribution is 0.478. The number of rotatable bonds is 0. The molecule has 1 heterocycles. The molecule has 0 fully saturated rings.